The van der Waals surface area contributed by atoms with Crippen LogP contribution >= 0.6 is 11.6 Å². The van der Waals surface area contributed by atoms with Crippen LogP contribution in [0.3, 0.4) is 0 Å². The molecule has 2 heterocycles. The van der Waals surface area contributed by atoms with Gasteiger partial charge in [0.2, 0.25) is 0 Å². The number of amides is 1. The number of piperidine rings is 1. The van der Waals surface area contributed by atoms with E-state index >= 15 is 0 Å². The van der Waals surface area contributed by atoms with E-state index in [-0.39, 0.29) is 11.9 Å². The highest BCUT2D eigenvalue weighted by Gasteiger charge is 2.30. The first kappa shape index (κ1) is 16.0. The lowest BCUT2D eigenvalue weighted by Crippen LogP contribution is -2.45. The van der Waals surface area contributed by atoms with Crippen LogP contribution in [0.25, 0.3) is 11.3 Å². The zero-order valence-electron chi connectivity index (χ0n) is 13.0. The van der Waals surface area contributed by atoms with Gasteiger partial charge < -0.3 is 15.1 Å². The first-order valence-electron chi connectivity index (χ1n) is 7.81. The van der Waals surface area contributed by atoms with Crippen LogP contribution in [0.4, 0.5) is 0 Å². The van der Waals surface area contributed by atoms with Crippen molar-refractivity contribution in [1.29, 1.82) is 0 Å². The van der Waals surface area contributed by atoms with Gasteiger partial charge in [-0.25, -0.2) is 4.98 Å². The number of nitrogens with two attached hydrogens (primary N) is 1. The predicted molar refractivity (Wildman–Crippen MR) is 89.2 cm³/mol. The Kier molecular flexibility index (Phi) is 4.68. The molecular weight excluding hydrogens is 314 g/mol. The van der Waals surface area contributed by atoms with E-state index in [9.17, 15) is 4.79 Å². The lowest BCUT2D eigenvalue weighted by molar-refractivity contribution is 0.0656. The number of aromatic nitrogens is 1. The van der Waals surface area contributed by atoms with Crippen LogP contribution in [-0.2, 0) is 0 Å². The van der Waals surface area contributed by atoms with Gasteiger partial charge in [-0.05, 0) is 37.8 Å². The number of oxazole rings is 1. The number of halogens is 1. The average molecular weight is 334 g/mol. The SMILES string of the molecule is CC(N)C1CCCN(C(=O)c2ncoc2-c2ccccc2Cl)C1. The second kappa shape index (κ2) is 6.72. The third kappa shape index (κ3) is 3.26. The highest BCUT2D eigenvalue weighted by atomic mass is 35.5. The van der Waals surface area contributed by atoms with E-state index in [0.717, 1.165) is 19.4 Å². The van der Waals surface area contributed by atoms with E-state index in [0.29, 0.717) is 34.5 Å². The third-order valence-corrected chi connectivity index (χ3v) is 4.71. The molecule has 1 aliphatic heterocycles. The van der Waals surface area contributed by atoms with E-state index in [1.807, 2.05) is 30.0 Å². The number of benzene rings is 1. The van der Waals surface area contributed by atoms with Crippen LogP contribution in [0.1, 0.15) is 30.3 Å². The molecule has 1 aliphatic rings. The molecule has 122 valence electrons. The molecule has 2 atom stereocenters. The zero-order chi connectivity index (χ0) is 16.4. The molecule has 0 aliphatic carbocycles. The molecule has 1 fully saturated rings. The van der Waals surface area contributed by atoms with Crippen LogP contribution in [-0.4, -0.2) is 34.9 Å². The average Bonchev–Trinajstić information content (AvgIpc) is 3.04. The monoisotopic (exact) mass is 333 g/mol. The maximum absolute atomic E-state index is 12.9. The van der Waals surface area contributed by atoms with Gasteiger partial charge in [0.1, 0.15) is 0 Å². The molecule has 6 heteroatoms. The molecule has 23 heavy (non-hydrogen) atoms. The summed E-state index contributed by atoms with van der Waals surface area (Å²) in [5.74, 6) is 0.617. The van der Waals surface area contributed by atoms with E-state index < -0.39 is 0 Å². The molecule has 1 aromatic carbocycles. The molecule has 1 saturated heterocycles. The molecule has 0 radical (unpaired) electrons. The Morgan fingerprint density at radius 2 is 2.26 bits per heavy atom. The third-order valence-electron chi connectivity index (χ3n) is 4.38. The molecule has 2 unspecified atom stereocenters. The van der Waals surface area contributed by atoms with Gasteiger partial charge in [-0.2, -0.15) is 0 Å². The van der Waals surface area contributed by atoms with Crippen LogP contribution in [0.15, 0.2) is 35.1 Å². The predicted octanol–water partition coefficient (Wildman–Crippen LogP) is 3.19. The fourth-order valence-electron chi connectivity index (χ4n) is 3.01. The summed E-state index contributed by atoms with van der Waals surface area (Å²) in [6.07, 6.45) is 3.30. The van der Waals surface area contributed by atoms with Crippen molar-refractivity contribution in [3.05, 3.63) is 41.4 Å². The summed E-state index contributed by atoms with van der Waals surface area (Å²) < 4.78 is 5.45. The number of hydrogen-bond acceptors (Lipinski definition) is 4. The Balaban J connectivity index is 1.87. The smallest absolute Gasteiger partial charge is 0.276 e. The van der Waals surface area contributed by atoms with Crippen molar-refractivity contribution in [1.82, 2.24) is 9.88 Å². The number of carbonyl (C=O) groups is 1. The van der Waals surface area contributed by atoms with Gasteiger partial charge in [-0.1, -0.05) is 23.7 Å². The van der Waals surface area contributed by atoms with E-state index in [1.54, 1.807) is 6.07 Å². The van der Waals surface area contributed by atoms with Crippen LogP contribution in [0, 0.1) is 5.92 Å². The molecule has 2 aromatic rings. The Morgan fingerprint density at radius 1 is 1.48 bits per heavy atom. The Hall–Kier alpha value is -1.85. The number of nitrogens with zero attached hydrogens (tertiary/aromatic N) is 2. The fourth-order valence-corrected chi connectivity index (χ4v) is 3.23. The van der Waals surface area contributed by atoms with Gasteiger partial charge in [0.05, 0.1) is 5.02 Å². The van der Waals surface area contributed by atoms with Crippen molar-refractivity contribution in [2.24, 2.45) is 11.7 Å². The van der Waals surface area contributed by atoms with Crippen molar-refractivity contribution >= 4 is 17.5 Å². The molecular formula is C17H20ClN3O2. The summed E-state index contributed by atoms with van der Waals surface area (Å²) in [4.78, 5) is 18.8. The quantitative estimate of drug-likeness (QED) is 0.936. The minimum Gasteiger partial charge on any atom is -0.443 e. The maximum Gasteiger partial charge on any atom is 0.276 e. The molecule has 5 nitrogen and oxygen atoms in total. The van der Waals surface area contributed by atoms with Crippen LogP contribution < -0.4 is 5.73 Å². The van der Waals surface area contributed by atoms with Crippen molar-refractivity contribution in [2.75, 3.05) is 13.1 Å². The Bertz CT molecular complexity index is 699. The van der Waals surface area contributed by atoms with Gasteiger partial charge in [-0.15, -0.1) is 0 Å². The largest absolute Gasteiger partial charge is 0.443 e. The van der Waals surface area contributed by atoms with Gasteiger partial charge >= 0.3 is 0 Å². The fraction of sp³-hybridized carbons (Fsp3) is 0.412. The number of likely N-dealkylation sites (tertiary alicyclic amines) is 1. The molecule has 2 N–H and O–H groups in total. The highest BCUT2D eigenvalue weighted by molar-refractivity contribution is 6.33. The number of carbonyl (C=O) groups excluding carboxylic acids is 1. The molecule has 1 amide bonds. The second-order valence-electron chi connectivity index (χ2n) is 6.02. The van der Waals surface area contributed by atoms with E-state index in [4.69, 9.17) is 21.8 Å². The highest BCUT2D eigenvalue weighted by Crippen LogP contribution is 2.31. The van der Waals surface area contributed by atoms with Crippen LogP contribution in [0.2, 0.25) is 5.02 Å². The van der Waals surface area contributed by atoms with Crippen molar-refractivity contribution in [2.45, 2.75) is 25.8 Å². The molecule has 0 saturated carbocycles. The summed E-state index contributed by atoms with van der Waals surface area (Å²) in [5, 5.41) is 0.533. The number of hydrogen-bond donors (Lipinski definition) is 1. The summed E-state index contributed by atoms with van der Waals surface area (Å²) in [6.45, 7) is 3.37. The summed E-state index contributed by atoms with van der Waals surface area (Å²) >= 11 is 6.21. The minimum atomic E-state index is -0.126. The molecule has 3 rings (SSSR count). The topological polar surface area (TPSA) is 72.4 Å². The molecule has 0 spiro atoms. The summed E-state index contributed by atoms with van der Waals surface area (Å²) in [7, 11) is 0. The number of rotatable bonds is 3. The standard InChI is InChI=1S/C17H20ClN3O2/c1-11(19)12-5-4-8-21(9-12)17(22)15-16(23-10-20-15)13-6-2-3-7-14(13)18/h2-3,6-7,10-12H,4-5,8-9,19H2,1H3. The van der Waals surface area contributed by atoms with Gasteiger partial charge in [-0.3, -0.25) is 4.79 Å². The van der Waals surface area contributed by atoms with Gasteiger partial charge in [0.25, 0.3) is 5.91 Å². The van der Waals surface area contributed by atoms with Gasteiger partial charge in [0, 0.05) is 24.7 Å². The molecule has 0 bridgehead atoms. The lowest BCUT2D eigenvalue weighted by Gasteiger charge is -2.34. The maximum atomic E-state index is 12.9. The first-order chi connectivity index (χ1) is 11.1. The summed E-state index contributed by atoms with van der Waals surface area (Å²) in [6, 6.07) is 7.35. The van der Waals surface area contributed by atoms with Crippen molar-refractivity contribution < 1.29 is 9.21 Å². The normalized spacial score (nSPS) is 19.6. The zero-order valence-corrected chi connectivity index (χ0v) is 13.8. The van der Waals surface area contributed by atoms with Crippen LogP contribution in [0.5, 0.6) is 0 Å². The Morgan fingerprint density at radius 3 is 3.00 bits per heavy atom. The summed E-state index contributed by atoms with van der Waals surface area (Å²) in [5.41, 5.74) is 6.98. The molecule has 1 aromatic heterocycles. The second-order valence-corrected chi connectivity index (χ2v) is 6.43. The Labute approximate surface area is 140 Å². The van der Waals surface area contributed by atoms with Crippen molar-refractivity contribution in [3.8, 4) is 11.3 Å². The van der Waals surface area contributed by atoms with E-state index in [1.165, 1.54) is 6.39 Å². The first-order valence-corrected chi connectivity index (χ1v) is 8.19. The van der Waals surface area contributed by atoms with Crippen molar-refractivity contribution in [3.63, 3.8) is 0 Å². The minimum absolute atomic E-state index is 0.0750. The van der Waals surface area contributed by atoms with E-state index in [2.05, 4.69) is 4.98 Å². The van der Waals surface area contributed by atoms with Gasteiger partial charge in [0.15, 0.2) is 17.8 Å². The lowest BCUT2D eigenvalue weighted by atomic mass is 9.92.